The first kappa shape index (κ1) is 18.7. The van der Waals surface area contributed by atoms with E-state index in [-0.39, 0.29) is 18.5 Å². The van der Waals surface area contributed by atoms with Crippen molar-refractivity contribution < 1.29 is 14.3 Å². The van der Waals surface area contributed by atoms with Crippen LogP contribution in [0, 0.1) is 0 Å². The average Bonchev–Trinajstić information content (AvgIpc) is 3.07. The van der Waals surface area contributed by atoms with E-state index >= 15 is 0 Å². The van der Waals surface area contributed by atoms with Crippen LogP contribution < -0.4 is 0 Å². The molecular formula is C25H21NO3. The van der Waals surface area contributed by atoms with Crippen molar-refractivity contribution in [1.29, 1.82) is 0 Å². The summed E-state index contributed by atoms with van der Waals surface area (Å²) in [5.41, 5.74) is 4.27. The van der Waals surface area contributed by atoms with Gasteiger partial charge in [-0.05, 0) is 22.3 Å². The van der Waals surface area contributed by atoms with Crippen LogP contribution in [0.3, 0.4) is 0 Å². The zero-order valence-electron chi connectivity index (χ0n) is 16.1. The molecule has 4 nitrogen and oxygen atoms in total. The molecule has 0 fully saturated rings. The number of rotatable bonds is 5. The second-order valence-corrected chi connectivity index (χ2v) is 6.84. The lowest BCUT2D eigenvalue weighted by Gasteiger charge is -2.27. The Morgan fingerprint density at radius 1 is 0.828 bits per heavy atom. The Labute approximate surface area is 170 Å². The molecular weight excluding hydrogens is 362 g/mol. The molecule has 1 aliphatic rings. The predicted molar refractivity (Wildman–Crippen MR) is 113 cm³/mol. The largest absolute Gasteiger partial charge is 0.468 e. The number of nitrogens with zero attached hydrogens (tertiary/aromatic N) is 1. The summed E-state index contributed by atoms with van der Waals surface area (Å²) in [6, 6.07) is 28.9. The summed E-state index contributed by atoms with van der Waals surface area (Å²) >= 11 is 0. The Hall–Kier alpha value is -3.66. The van der Waals surface area contributed by atoms with Crippen molar-refractivity contribution in [3.05, 3.63) is 108 Å². The number of amides is 1. The predicted octanol–water partition coefficient (Wildman–Crippen LogP) is 4.35. The van der Waals surface area contributed by atoms with E-state index < -0.39 is 5.97 Å². The number of esters is 1. The van der Waals surface area contributed by atoms with Crippen LogP contribution in [0.5, 0.6) is 0 Å². The Morgan fingerprint density at radius 2 is 1.34 bits per heavy atom. The third-order valence-electron chi connectivity index (χ3n) is 5.12. The average molecular weight is 383 g/mol. The molecule has 0 N–H and O–H groups in total. The lowest BCUT2D eigenvalue weighted by Crippen LogP contribution is -2.35. The normalized spacial score (nSPS) is 16.2. The number of methoxy groups -OCH3 is 1. The van der Waals surface area contributed by atoms with Gasteiger partial charge in [0, 0.05) is 0 Å². The molecule has 4 heteroatoms. The summed E-state index contributed by atoms with van der Waals surface area (Å²) < 4.78 is 4.88. The van der Waals surface area contributed by atoms with Crippen LogP contribution in [0.15, 0.2) is 91.0 Å². The molecule has 1 atom stereocenters. The van der Waals surface area contributed by atoms with Crippen molar-refractivity contribution in [2.75, 3.05) is 13.7 Å². The maximum Gasteiger partial charge on any atom is 0.325 e. The summed E-state index contributed by atoms with van der Waals surface area (Å²) in [4.78, 5) is 27.3. The molecule has 144 valence electrons. The van der Waals surface area contributed by atoms with Gasteiger partial charge in [-0.15, -0.1) is 0 Å². The van der Waals surface area contributed by atoms with E-state index in [0.717, 1.165) is 22.3 Å². The first-order valence-electron chi connectivity index (χ1n) is 9.48. The Morgan fingerprint density at radius 3 is 1.90 bits per heavy atom. The van der Waals surface area contributed by atoms with Crippen molar-refractivity contribution >= 4 is 23.0 Å². The van der Waals surface area contributed by atoms with Crippen LogP contribution in [0.1, 0.15) is 22.7 Å². The lowest BCUT2D eigenvalue weighted by atomic mass is 9.89. The van der Waals surface area contributed by atoms with Gasteiger partial charge in [-0.2, -0.15) is 0 Å². The lowest BCUT2D eigenvalue weighted by molar-refractivity contribution is -0.145. The van der Waals surface area contributed by atoms with Gasteiger partial charge in [-0.3, -0.25) is 9.59 Å². The minimum Gasteiger partial charge on any atom is -0.468 e. The van der Waals surface area contributed by atoms with Gasteiger partial charge in [0.25, 0.3) is 5.91 Å². The topological polar surface area (TPSA) is 46.6 Å². The van der Waals surface area contributed by atoms with E-state index in [1.54, 1.807) is 4.90 Å². The Bertz CT molecular complexity index is 1040. The summed E-state index contributed by atoms with van der Waals surface area (Å²) in [5.74, 6) is -0.615. The molecule has 0 spiro atoms. The Balaban J connectivity index is 1.96. The molecule has 1 unspecified atom stereocenters. The van der Waals surface area contributed by atoms with Gasteiger partial charge in [0.05, 0.1) is 18.7 Å². The monoisotopic (exact) mass is 383 g/mol. The first-order chi connectivity index (χ1) is 14.2. The molecule has 0 saturated heterocycles. The molecule has 1 amide bonds. The highest BCUT2D eigenvalue weighted by atomic mass is 16.5. The fourth-order valence-electron chi connectivity index (χ4n) is 3.82. The number of ether oxygens (including phenoxy) is 1. The number of carbonyl (C=O) groups is 2. The van der Waals surface area contributed by atoms with Crippen molar-refractivity contribution in [3.8, 4) is 0 Å². The summed E-state index contributed by atoms with van der Waals surface area (Å²) in [5, 5.41) is 0. The highest BCUT2D eigenvalue weighted by molar-refractivity contribution is 6.31. The highest BCUT2D eigenvalue weighted by Gasteiger charge is 2.42. The molecule has 3 aromatic rings. The van der Waals surface area contributed by atoms with Gasteiger partial charge in [0.1, 0.15) is 6.54 Å². The Kier molecular flexibility index (Phi) is 5.25. The molecule has 4 rings (SSSR count). The zero-order valence-corrected chi connectivity index (χ0v) is 16.1. The van der Waals surface area contributed by atoms with E-state index in [1.165, 1.54) is 7.11 Å². The smallest absolute Gasteiger partial charge is 0.325 e. The van der Waals surface area contributed by atoms with Gasteiger partial charge < -0.3 is 9.64 Å². The number of hydrogen-bond donors (Lipinski definition) is 0. The van der Waals surface area contributed by atoms with E-state index in [9.17, 15) is 9.59 Å². The fourth-order valence-corrected chi connectivity index (χ4v) is 3.82. The molecule has 29 heavy (non-hydrogen) atoms. The minimum atomic E-state index is -0.444. The van der Waals surface area contributed by atoms with Gasteiger partial charge in [0.2, 0.25) is 0 Å². The minimum absolute atomic E-state index is 0.110. The summed E-state index contributed by atoms with van der Waals surface area (Å²) in [6.07, 6.45) is 0. The molecule has 0 radical (unpaired) electrons. The number of hydrogen-bond acceptors (Lipinski definition) is 3. The van der Waals surface area contributed by atoms with E-state index in [1.807, 2.05) is 91.0 Å². The summed E-state index contributed by atoms with van der Waals surface area (Å²) in [7, 11) is 1.34. The molecule has 0 aromatic heterocycles. The first-order valence-corrected chi connectivity index (χ1v) is 9.48. The zero-order chi connectivity index (χ0) is 20.2. The SMILES string of the molecule is COC(=O)CN1C(=O)C(c2ccccc2)=C(c2ccccc2)C1c1ccccc1. The summed E-state index contributed by atoms with van der Waals surface area (Å²) in [6.45, 7) is -0.110. The van der Waals surface area contributed by atoms with Crippen LogP contribution in [-0.4, -0.2) is 30.4 Å². The molecule has 1 aliphatic heterocycles. The third kappa shape index (κ3) is 3.57. The van der Waals surface area contributed by atoms with Crippen LogP contribution in [0.4, 0.5) is 0 Å². The van der Waals surface area contributed by atoms with Gasteiger partial charge in [-0.25, -0.2) is 0 Å². The van der Waals surface area contributed by atoms with E-state index in [2.05, 4.69) is 0 Å². The maximum absolute atomic E-state index is 13.6. The van der Waals surface area contributed by atoms with Gasteiger partial charge in [-0.1, -0.05) is 91.0 Å². The fraction of sp³-hybridized carbons (Fsp3) is 0.120. The quantitative estimate of drug-likeness (QED) is 0.615. The number of carbonyl (C=O) groups excluding carboxylic acids is 2. The van der Waals surface area contributed by atoms with Crippen molar-refractivity contribution in [1.82, 2.24) is 4.90 Å². The molecule has 1 heterocycles. The standard InChI is InChI=1S/C25H21NO3/c1-29-21(27)17-26-24(20-15-9-4-10-16-20)22(18-11-5-2-6-12-18)23(25(26)28)19-13-7-3-8-14-19/h2-16,24H,17H2,1H3. The second-order valence-electron chi connectivity index (χ2n) is 6.84. The van der Waals surface area contributed by atoms with Crippen LogP contribution >= 0.6 is 0 Å². The maximum atomic E-state index is 13.6. The molecule has 0 saturated carbocycles. The van der Waals surface area contributed by atoms with Crippen LogP contribution in [0.2, 0.25) is 0 Å². The molecule has 3 aromatic carbocycles. The van der Waals surface area contributed by atoms with Crippen LogP contribution in [-0.2, 0) is 14.3 Å². The van der Waals surface area contributed by atoms with Crippen molar-refractivity contribution in [3.63, 3.8) is 0 Å². The molecule has 0 aliphatic carbocycles. The van der Waals surface area contributed by atoms with E-state index in [0.29, 0.717) is 5.57 Å². The van der Waals surface area contributed by atoms with Crippen molar-refractivity contribution in [2.45, 2.75) is 6.04 Å². The number of benzene rings is 3. The highest BCUT2D eigenvalue weighted by Crippen LogP contribution is 2.46. The van der Waals surface area contributed by atoms with Gasteiger partial charge >= 0.3 is 5.97 Å². The second kappa shape index (κ2) is 8.15. The molecule has 0 bridgehead atoms. The van der Waals surface area contributed by atoms with E-state index in [4.69, 9.17) is 4.74 Å². The van der Waals surface area contributed by atoms with Crippen LogP contribution in [0.25, 0.3) is 11.1 Å². The van der Waals surface area contributed by atoms with Crippen molar-refractivity contribution in [2.24, 2.45) is 0 Å². The van der Waals surface area contributed by atoms with Gasteiger partial charge in [0.15, 0.2) is 0 Å². The third-order valence-corrected chi connectivity index (χ3v) is 5.12.